The Bertz CT molecular complexity index is 739. The van der Waals surface area contributed by atoms with Gasteiger partial charge in [-0.05, 0) is 38.1 Å². The van der Waals surface area contributed by atoms with Crippen molar-refractivity contribution in [1.29, 1.82) is 0 Å². The molecule has 9 nitrogen and oxygen atoms in total. The number of hydrogen-bond donors (Lipinski definition) is 2. The van der Waals surface area contributed by atoms with Gasteiger partial charge in [0.15, 0.2) is 6.61 Å². The van der Waals surface area contributed by atoms with Crippen LogP contribution >= 0.6 is 0 Å². The van der Waals surface area contributed by atoms with Crippen molar-refractivity contribution in [1.82, 2.24) is 15.5 Å². The summed E-state index contributed by atoms with van der Waals surface area (Å²) in [6.45, 7) is 3.06. The lowest BCUT2D eigenvalue weighted by molar-refractivity contribution is 0.0600. The van der Waals surface area contributed by atoms with E-state index < -0.39 is 17.4 Å². The second-order valence-electron chi connectivity index (χ2n) is 5.82. The van der Waals surface area contributed by atoms with E-state index in [0.29, 0.717) is 11.3 Å². The molecule has 1 heterocycles. The zero-order chi connectivity index (χ0) is 18.4. The van der Waals surface area contributed by atoms with Crippen LogP contribution in [0, 0.1) is 0 Å². The third-order valence-corrected chi connectivity index (χ3v) is 3.15. The van der Waals surface area contributed by atoms with Crippen molar-refractivity contribution < 1.29 is 28.7 Å². The number of ether oxygens (including phenoxy) is 2. The number of benzene rings is 1. The van der Waals surface area contributed by atoms with Crippen LogP contribution in [0.4, 0.5) is 0 Å². The van der Waals surface area contributed by atoms with Gasteiger partial charge >= 0.3 is 17.8 Å². The van der Waals surface area contributed by atoms with Crippen molar-refractivity contribution >= 4 is 11.9 Å². The van der Waals surface area contributed by atoms with Crippen LogP contribution in [0.15, 0.2) is 28.8 Å². The lowest BCUT2D eigenvalue weighted by atomic mass is 10.1. The van der Waals surface area contributed by atoms with Crippen LogP contribution < -0.4 is 10.1 Å². The van der Waals surface area contributed by atoms with Crippen molar-refractivity contribution in [2.75, 3.05) is 13.7 Å². The lowest BCUT2D eigenvalue weighted by Crippen LogP contribution is -2.46. The fourth-order valence-corrected chi connectivity index (χ4v) is 1.76. The van der Waals surface area contributed by atoms with Crippen LogP contribution in [0.25, 0.3) is 0 Å². The summed E-state index contributed by atoms with van der Waals surface area (Å²) in [6, 6.07) is 6.33. The molecular weight excluding hydrogens is 330 g/mol. The maximum absolute atomic E-state index is 11.9. The van der Waals surface area contributed by atoms with Crippen LogP contribution in [0.3, 0.4) is 0 Å². The molecule has 0 atom stereocenters. The summed E-state index contributed by atoms with van der Waals surface area (Å²) in [7, 11) is 1.30. The largest absolute Gasteiger partial charge is 0.485 e. The number of aromatic nitrogens is 2. The van der Waals surface area contributed by atoms with Gasteiger partial charge in [0.1, 0.15) is 5.75 Å². The summed E-state index contributed by atoms with van der Waals surface area (Å²) in [5.74, 6) is -0.568. The number of methoxy groups -OCH3 is 1. The number of carbonyl (C=O) groups excluding carboxylic acids is 2. The number of aliphatic hydroxyl groups excluding tert-OH is 1. The summed E-state index contributed by atoms with van der Waals surface area (Å²) in [6.07, 6.45) is 0. The van der Waals surface area contributed by atoms with Gasteiger partial charge in [0.05, 0.1) is 24.8 Å². The fraction of sp³-hybridized carbons (Fsp3) is 0.375. The van der Waals surface area contributed by atoms with Gasteiger partial charge in [-0.3, -0.25) is 4.79 Å². The maximum Gasteiger partial charge on any atom is 0.337 e. The van der Waals surface area contributed by atoms with E-state index in [1.54, 1.807) is 38.1 Å². The second kappa shape index (κ2) is 7.75. The Morgan fingerprint density at radius 2 is 1.96 bits per heavy atom. The molecule has 0 aliphatic rings. The van der Waals surface area contributed by atoms with E-state index in [2.05, 4.69) is 20.2 Å². The molecule has 2 N–H and O–H groups in total. The smallest absolute Gasteiger partial charge is 0.337 e. The third-order valence-electron chi connectivity index (χ3n) is 3.15. The van der Waals surface area contributed by atoms with Crippen molar-refractivity contribution in [3.05, 3.63) is 41.5 Å². The first-order valence-electron chi connectivity index (χ1n) is 7.42. The zero-order valence-electron chi connectivity index (χ0n) is 14.1. The molecule has 1 amide bonds. The molecule has 0 aliphatic carbocycles. The van der Waals surface area contributed by atoms with Gasteiger partial charge in [-0.2, -0.15) is 4.98 Å². The van der Waals surface area contributed by atoms with Gasteiger partial charge in [-0.15, -0.1) is 0 Å². The van der Waals surface area contributed by atoms with Gasteiger partial charge in [0.2, 0.25) is 5.82 Å². The number of nitrogens with one attached hydrogen (secondary N) is 1. The molecule has 0 fully saturated rings. The normalized spacial score (nSPS) is 11.0. The predicted molar refractivity (Wildman–Crippen MR) is 85.0 cm³/mol. The van der Waals surface area contributed by atoms with Crippen LogP contribution in [0.5, 0.6) is 5.75 Å². The Balaban J connectivity index is 1.93. The van der Waals surface area contributed by atoms with Gasteiger partial charge < -0.3 is 24.4 Å². The van der Waals surface area contributed by atoms with Crippen LogP contribution in [0.2, 0.25) is 0 Å². The minimum Gasteiger partial charge on any atom is -0.485 e. The molecule has 0 spiro atoms. The first-order chi connectivity index (χ1) is 11.8. The number of rotatable bonds is 7. The summed E-state index contributed by atoms with van der Waals surface area (Å²) in [5, 5.41) is 15.4. The van der Waals surface area contributed by atoms with Gasteiger partial charge in [0.25, 0.3) is 0 Å². The zero-order valence-corrected chi connectivity index (χ0v) is 14.1. The molecule has 1 aromatic heterocycles. The monoisotopic (exact) mass is 349 g/mol. The molecule has 0 bridgehead atoms. The number of nitrogens with zero attached hydrogens (tertiary/aromatic N) is 2. The van der Waals surface area contributed by atoms with E-state index in [0.717, 1.165) is 0 Å². The van der Waals surface area contributed by atoms with E-state index >= 15 is 0 Å². The average Bonchev–Trinajstić information content (AvgIpc) is 3.08. The van der Waals surface area contributed by atoms with E-state index in [4.69, 9.17) is 14.4 Å². The third kappa shape index (κ3) is 5.01. The first kappa shape index (κ1) is 18.4. The van der Waals surface area contributed by atoms with Crippen LogP contribution in [-0.2, 0) is 11.3 Å². The van der Waals surface area contributed by atoms with E-state index in [1.807, 2.05) is 0 Å². The molecule has 0 unspecified atom stereocenters. The molecule has 2 rings (SSSR count). The highest BCUT2D eigenvalue weighted by molar-refractivity contribution is 5.90. The van der Waals surface area contributed by atoms with E-state index in [1.165, 1.54) is 7.11 Å². The Morgan fingerprint density at radius 3 is 2.56 bits per heavy atom. The minimum atomic E-state index is -0.802. The maximum atomic E-state index is 11.9. The molecular formula is C16H19N3O6. The molecule has 0 saturated carbocycles. The van der Waals surface area contributed by atoms with Gasteiger partial charge in [-0.25, -0.2) is 4.79 Å². The van der Waals surface area contributed by atoms with Gasteiger partial charge in [-0.1, -0.05) is 5.16 Å². The number of esters is 1. The number of carbonyl (C=O) groups is 2. The summed E-state index contributed by atoms with van der Waals surface area (Å²) >= 11 is 0. The highest BCUT2D eigenvalue weighted by Crippen LogP contribution is 2.14. The summed E-state index contributed by atoms with van der Waals surface area (Å²) in [5.41, 5.74) is -0.399. The SMILES string of the molecule is COC(=O)c1ccc(OCc2noc(C(=O)NC(C)(C)CO)n2)cc1. The van der Waals surface area contributed by atoms with Crippen molar-refractivity contribution in [3.63, 3.8) is 0 Å². The van der Waals surface area contributed by atoms with Crippen molar-refractivity contribution in [2.24, 2.45) is 0 Å². The van der Waals surface area contributed by atoms with Crippen LogP contribution in [0.1, 0.15) is 40.7 Å². The highest BCUT2D eigenvalue weighted by atomic mass is 16.5. The van der Waals surface area contributed by atoms with E-state index in [-0.39, 0.29) is 24.9 Å². The molecule has 0 radical (unpaired) electrons. The summed E-state index contributed by atoms with van der Waals surface area (Å²) < 4.78 is 14.9. The number of amides is 1. The van der Waals surface area contributed by atoms with Crippen molar-refractivity contribution in [3.8, 4) is 5.75 Å². The topological polar surface area (TPSA) is 124 Å². The Morgan fingerprint density at radius 1 is 1.28 bits per heavy atom. The highest BCUT2D eigenvalue weighted by Gasteiger charge is 2.24. The first-order valence-corrected chi connectivity index (χ1v) is 7.42. The fourth-order valence-electron chi connectivity index (χ4n) is 1.76. The lowest BCUT2D eigenvalue weighted by Gasteiger charge is -2.21. The number of hydrogen-bond acceptors (Lipinski definition) is 8. The molecule has 1 aromatic carbocycles. The minimum absolute atomic E-state index is 0.0161. The summed E-state index contributed by atoms with van der Waals surface area (Å²) in [4.78, 5) is 27.2. The van der Waals surface area contributed by atoms with Crippen LogP contribution in [-0.4, -0.2) is 46.4 Å². The molecule has 0 aliphatic heterocycles. The Kier molecular flexibility index (Phi) is 5.71. The Hall–Kier alpha value is -2.94. The standard InChI is InChI=1S/C16H19N3O6/c1-16(2,9-20)18-13(21)14-17-12(19-25-14)8-24-11-6-4-10(5-7-11)15(22)23-3/h4-7,20H,8-9H2,1-3H3,(H,18,21). The predicted octanol–water partition coefficient (Wildman–Crippen LogP) is 0.936. The van der Waals surface area contributed by atoms with E-state index in [9.17, 15) is 9.59 Å². The number of aliphatic hydroxyl groups is 1. The Labute approximate surface area is 143 Å². The molecule has 9 heteroatoms. The quantitative estimate of drug-likeness (QED) is 0.708. The molecule has 25 heavy (non-hydrogen) atoms. The molecule has 134 valence electrons. The van der Waals surface area contributed by atoms with Gasteiger partial charge in [0, 0.05) is 0 Å². The molecule has 0 saturated heterocycles. The molecule has 2 aromatic rings. The average molecular weight is 349 g/mol. The van der Waals surface area contributed by atoms with Crippen molar-refractivity contribution in [2.45, 2.75) is 26.0 Å². The second-order valence-corrected chi connectivity index (χ2v) is 5.82.